The van der Waals surface area contributed by atoms with Crippen LogP contribution in [-0.2, 0) is 11.2 Å². The summed E-state index contributed by atoms with van der Waals surface area (Å²) in [5.74, 6) is 0.675. The molecule has 0 spiro atoms. The largest absolute Gasteiger partial charge is 0.299 e. The maximum Gasteiger partial charge on any atom is 0.138 e. The van der Waals surface area contributed by atoms with Gasteiger partial charge >= 0.3 is 0 Å². The predicted molar refractivity (Wildman–Crippen MR) is 65.8 cm³/mol. The first kappa shape index (κ1) is 12.7. The normalized spacial score (nSPS) is 10.3. The van der Waals surface area contributed by atoms with Gasteiger partial charge in [0, 0.05) is 17.3 Å². The molecule has 0 bridgehead atoms. The molecule has 4 heteroatoms. The van der Waals surface area contributed by atoms with E-state index in [9.17, 15) is 9.18 Å². The molecule has 0 radical (unpaired) electrons. The Kier molecular flexibility index (Phi) is 5.32. The second-order valence-corrected chi connectivity index (χ2v) is 5.14. The Morgan fingerprint density at radius 2 is 2.20 bits per heavy atom. The number of halogens is 2. The highest BCUT2D eigenvalue weighted by molar-refractivity contribution is 9.10. The van der Waals surface area contributed by atoms with E-state index < -0.39 is 0 Å². The average Bonchev–Trinajstić information content (AvgIpc) is 2.13. The first-order valence-electron chi connectivity index (χ1n) is 4.57. The van der Waals surface area contributed by atoms with Crippen molar-refractivity contribution in [3.63, 3.8) is 0 Å². The summed E-state index contributed by atoms with van der Waals surface area (Å²) >= 11 is 4.84. The fourth-order valence-corrected chi connectivity index (χ4v) is 2.19. The van der Waals surface area contributed by atoms with Crippen LogP contribution >= 0.6 is 27.7 Å². The Bertz CT molecular complexity index is 334. The van der Waals surface area contributed by atoms with E-state index in [1.807, 2.05) is 6.26 Å². The summed E-state index contributed by atoms with van der Waals surface area (Å²) in [6, 6.07) is 4.57. The zero-order chi connectivity index (χ0) is 11.3. The van der Waals surface area contributed by atoms with Crippen LogP contribution in [0.3, 0.4) is 0 Å². The van der Waals surface area contributed by atoms with Crippen molar-refractivity contribution in [3.05, 3.63) is 34.1 Å². The highest BCUT2D eigenvalue weighted by atomic mass is 79.9. The van der Waals surface area contributed by atoms with Gasteiger partial charge in [-0.15, -0.1) is 0 Å². The smallest absolute Gasteiger partial charge is 0.138 e. The molecule has 15 heavy (non-hydrogen) atoms. The van der Waals surface area contributed by atoms with Crippen molar-refractivity contribution < 1.29 is 9.18 Å². The van der Waals surface area contributed by atoms with E-state index in [4.69, 9.17) is 0 Å². The van der Waals surface area contributed by atoms with Crippen molar-refractivity contribution in [2.75, 3.05) is 12.0 Å². The zero-order valence-corrected chi connectivity index (χ0v) is 10.8. The zero-order valence-electron chi connectivity index (χ0n) is 8.43. The third kappa shape index (κ3) is 4.80. The Hall–Kier alpha value is -0.350. The van der Waals surface area contributed by atoms with E-state index in [0.29, 0.717) is 17.3 Å². The lowest BCUT2D eigenvalue weighted by atomic mass is 10.1. The molecular weight excluding hydrogens is 279 g/mol. The molecule has 82 valence electrons. The number of hydrogen-bond donors (Lipinski definition) is 0. The van der Waals surface area contributed by atoms with Crippen LogP contribution in [0.2, 0.25) is 0 Å². The molecule has 0 heterocycles. The van der Waals surface area contributed by atoms with Gasteiger partial charge < -0.3 is 0 Å². The van der Waals surface area contributed by atoms with Crippen LogP contribution in [0.1, 0.15) is 12.0 Å². The summed E-state index contributed by atoms with van der Waals surface area (Å²) in [7, 11) is 0. The number of Topliss-reactive ketones (excluding diaryl/α,β-unsaturated/α-hetero) is 1. The molecule has 0 amide bonds. The molecule has 1 rings (SSSR count). The second-order valence-electron chi connectivity index (χ2n) is 3.24. The van der Waals surface area contributed by atoms with E-state index in [-0.39, 0.29) is 11.6 Å². The highest BCUT2D eigenvalue weighted by Gasteiger charge is 2.05. The van der Waals surface area contributed by atoms with E-state index in [0.717, 1.165) is 11.3 Å². The molecule has 0 aliphatic heterocycles. The fraction of sp³-hybridized carbons (Fsp3) is 0.364. The summed E-state index contributed by atoms with van der Waals surface area (Å²) in [6.45, 7) is 0. The van der Waals surface area contributed by atoms with Crippen LogP contribution in [0.25, 0.3) is 0 Å². The molecule has 0 saturated heterocycles. The lowest BCUT2D eigenvalue weighted by Crippen LogP contribution is -2.04. The maximum atomic E-state index is 13.0. The first-order valence-corrected chi connectivity index (χ1v) is 6.76. The van der Waals surface area contributed by atoms with E-state index in [2.05, 4.69) is 15.9 Å². The van der Waals surface area contributed by atoms with Crippen LogP contribution in [0.15, 0.2) is 22.7 Å². The molecular formula is C11H12BrFOS. The number of thioether (sulfide) groups is 1. The molecule has 1 nitrogen and oxygen atoms in total. The summed E-state index contributed by atoms with van der Waals surface area (Å²) in [4.78, 5) is 11.4. The van der Waals surface area contributed by atoms with Gasteiger partial charge in [-0.25, -0.2) is 4.39 Å². The Labute approximate surface area is 102 Å². The highest BCUT2D eigenvalue weighted by Crippen LogP contribution is 2.16. The van der Waals surface area contributed by atoms with E-state index in [1.54, 1.807) is 17.8 Å². The molecule has 0 fully saturated rings. The van der Waals surface area contributed by atoms with Gasteiger partial charge in [-0.1, -0.05) is 15.9 Å². The number of benzene rings is 1. The van der Waals surface area contributed by atoms with Crippen molar-refractivity contribution in [3.8, 4) is 0 Å². The minimum absolute atomic E-state index is 0.154. The molecule has 0 aromatic heterocycles. The van der Waals surface area contributed by atoms with Gasteiger partial charge in [0.05, 0.1) is 0 Å². The van der Waals surface area contributed by atoms with Crippen molar-refractivity contribution in [1.29, 1.82) is 0 Å². The topological polar surface area (TPSA) is 17.1 Å². The molecule has 0 aliphatic rings. The van der Waals surface area contributed by atoms with E-state index >= 15 is 0 Å². The van der Waals surface area contributed by atoms with Crippen LogP contribution in [0, 0.1) is 5.82 Å². The van der Waals surface area contributed by atoms with Crippen LogP contribution in [0.4, 0.5) is 4.39 Å². The molecule has 0 unspecified atom stereocenters. The van der Waals surface area contributed by atoms with Crippen molar-refractivity contribution in [2.45, 2.75) is 12.8 Å². The minimum Gasteiger partial charge on any atom is -0.299 e. The van der Waals surface area contributed by atoms with Gasteiger partial charge in [-0.2, -0.15) is 11.8 Å². The Balaban J connectivity index is 2.60. The third-order valence-corrected chi connectivity index (χ3v) is 2.98. The van der Waals surface area contributed by atoms with Crippen molar-refractivity contribution >= 4 is 33.5 Å². The average molecular weight is 291 g/mol. The third-order valence-electron chi connectivity index (χ3n) is 1.91. The predicted octanol–water partition coefficient (Wildman–Crippen LogP) is 3.45. The summed E-state index contributed by atoms with van der Waals surface area (Å²) in [5, 5.41) is 0. The monoisotopic (exact) mass is 290 g/mol. The van der Waals surface area contributed by atoms with Gasteiger partial charge in [-0.3, -0.25) is 4.79 Å². The van der Waals surface area contributed by atoms with E-state index in [1.165, 1.54) is 12.1 Å². The SMILES string of the molecule is CSCCC(=O)Cc1cc(F)cc(Br)c1. The van der Waals surface area contributed by atoms with Crippen molar-refractivity contribution in [1.82, 2.24) is 0 Å². The molecule has 0 aliphatic carbocycles. The maximum absolute atomic E-state index is 13.0. The standard InChI is InChI=1S/C11H12BrFOS/c1-15-3-2-11(14)6-8-4-9(12)7-10(13)5-8/h4-5,7H,2-3,6H2,1H3. The van der Waals surface area contributed by atoms with Gasteiger partial charge in [0.1, 0.15) is 11.6 Å². The molecule has 0 saturated carbocycles. The molecule has 1 aromatic rings. The second kappa shape index (κ2) is 6.28. The van der Waals surface area contributed by atoms with Crippen LogP contribution in [-0.4, -0.2) is 17.8 Å². The summed E-state index contributed by atoms with van der Waals surface area (Å²) in [6.07, 6.45) is 2.83. The first-order chi connectivity index (χ1) is 7.11. The number of ketones is 1. The number of hydrogen-bond acceptors (Lipinski definition) is 2. The quantitative estimate of drug-likeness (QED) is 0.826. The number of rotatable bonds is 5. The Morgan fingerprint density at radius 1 is 1.47 bits per heavy atom. The van der Waals surface area contributed by atoms with Gasteiger partial charge in [0.2, 0.25) is 0 Å². The fourth-order valence-electron chi connectivity index (χ4n) is 1.24. The molecule has 0 atom stereocenters. The van der Waals surface area contributed by atoms with Crippen LogP contribution < -0.4 is 0 Å². The van der Waals surface area contributed by atoms with Crippen molar-refractivity contribution in [2.24, 2.45) is 0 Å². The van der Waals surface area contributed by atoms with Crippen LogP contribution in [0.5, 0.6) is 0 Å². The lowest BCUT2D eigenvalue weighted by Gasteiger charge is -2.02. The summed E-state index contributed by atoms with van der Waals surface area (Å²) < 4.78 is 13.7. The molecule has 0 N–H and O–H groups in total. The van der Waals surface area contributed by atoms with Gasteiger partial charge in [0.15, 0.2) is 0 Å². The minimum atomic E-state index is -0.308. The van der Waals surface area contributed by atoms with Gasteiger partial charge in [-0.05, 0) is 35.8 Å². The Morgan fingerprint density at radius 3 is 2.80 bits per heavy atom. The summed E-state index contributed by atoms with van der Waals surface area (Å²) in [5.41, 5.74) is 0.730. The lowest BCUT2D eigenvalue weighted by molar-refractivity contribution is -0.118. The number of carbonyl (C=O) groups excluding carboxylic acids is 1. The number of carbonyl (C=O) groups is 1. The molecule has 1 aromatic carbocycles. The van der Waals surface area contributed by atoms with Gasteiger partial charge in [0.25, 0.3) is 0 Å².